The van der Waals surface area contributed by atoms with Gasteiger partial charge in [-0.15, -0.1) is 0 Å². The zero-order valence-electron chi connectivity index (χ0n) is 14.2. The summed E-state index contributed by atoms with van der Waals surface area (Å²) in [6.45, 7) is 1.78. The van der Waals surface area contributed by atoms with Crippen molar-refractivity contribution in [2.45, 2.75) is 18.9 Å². The minimum absolute atomic E-state index is 0.187. The van der Waals surface area contributed by atoms with E-state index in [9.17, 15) is 0 Å². The van der Waals surface area contributed by atoms with Crippen molar-refractivity contribution in [3.63, 3.8) is 0 Å². The molecular weight excluding hydrogens is 328 g/mol. The van der Waals surface area contributed by atoms with Crippen LogP contribution in [0.1, 0.15) is 12.8 Å². The Morgan fingerprint density at radius 2 is 2.19 bits per heavy atom. The fraction of sp³-hybridized carbons (Fsp3) is 0.278. The smallest absolute Gasteiger partial charge is 0.231 e. The molecule has 8 nitrogen and oxygen atoms in total. The second-order valence-electron chi connectivity index (χ2n) is 6.76. The number of nitrogens with zero attached hydrogens (tertiary/aromatic N) is 4. The van der Waals surface area contributed by atoms with Crippen molar-refractivity contribution in [1.29, 1.82) is 0 Å². The number of aromatic amines is 2. The van der Waals surface area contributed by atoms with E-state index < -0.39 is 0 Å². The molecule has 1 fully saturated rings. The lowest BCUT2D eigenvalue weighted by molar-refractivity contribution is 0.504. The van der Waals surface area contributed by atoms with Crippen molar-refractivity contribution >= 4 is 39.4 Å². The molecule has 0 spiro atoms. The zero-order chi connectivity index (χ0) is 17.5. The maximum absolute atomic E-state index is 6.17. The molecule has 1 aliphatic rings. The largest absolute Gasteiger partial charge is 0.354 e. The Balaban J connectivity index is 1.53. The van der Waals surface area contributed by atoms with E-state index in [1.165, 1.54) is 0 Å². The van der Waals surface area contributed by atoms with E-state index in [-0.39, 0.29) is 6.04 Å². The highest BCUT2D eigenvalue weighted by molar-refractivity contribution is 5.89. The van der Waals surface area contributed by atoms with Crippen molar-refractivity contribution in [2.24, 2.45) is 5.73 Å². The van der Waals surface area contributed by atoms with E-state index in [0.717, 1.165) is 59.4 Å². The molecule has 5 N–H and O–H groups in total. The fourth-order valence-electron chi connectivity index (χ4n) is 3.57. The van der Waals surface area contributed by atoms with E-state index in [1.54, 1.807) is 6.20 Å². The molecule has 0 bridgehead atoms. The first-order valence-corrected chi connectivity index (χ1v) is 8.82. The van der Waals surface area contributed by atoms with Gasteiger partial charge in [-0.05, 0) is 37.1 Å². The molecule has 8 heteroatoms. The number of H-pyrrole nitrogens is 2. The maximum Gasteiger partial charge on any atom is 0.231 e. The molecule has 3 aromatic heterocycles. The summed E-state index contributed by atoms with van der Waals surface area (Å²) in [5.74, 6) is 1.49. The minimum atomic E-state index is 0.187. The Morgan fingerprint density at radius 1 is 1.23 bits per heavy atom. The number of hydrogen-bond acceptors (Lipinski definition) is 6. The van der Waals surface area contributed by atoms with Crippen molar-refractivity contribution in [1.82, 2.24) is 25.1 Å². The zero-order valence-corrected chi connectivity index (χ0v) is 14.2. The number of hydrogen-bond donors (Lipinski definition) is 4. The maximum atomic E-state index is 6.17. The topological polar surface area (TPSA) is 112 Å². The molecule has 4 heterocycles. The monoisotopic (exact) mass is 348 g/mol. The number of nitrogens with one attached hydrogen (secondary N) is 3. The van der Waals surface area contributed by atoms with Gasteiger partial charge in [0.1, 0.15) is 11.5 Å². The van der Waals surface area contributed by atoms with Gasteiger partial charge >= 0.3 is 0 Å². The molecule has 1 aromatic carbocycles. The number of benzene rings is 1. The standard InChI is InChI=1S/C18H20N8/c19-12-2-1-7-26(10-12)17-14-5-6-20-16(14)23-18(24-17)22-13-4-3-11-9-21-25-15(11)8-13/h3-6,8-9,12H,1-2,7,10,19H2,(H,21,25)(H2,20,22,23,24)/t12-/m0/s1. The van der Waals surface area contributed by atoms with Crippen molar-refractivity contribution in [3.8, 4) is 0 Å². The Morgan fingerprint density at radius 3 is 3.12 bits per heavy atom. The quantitative estimate of drug-likeness (QED) is 0.453. The molecule has 26 heavy (non-hydrogen) atoms. The Bertz CT molecular complexity index is 1070. The molecule has 0 aliphatic carbocycles. The van der Waals surface area contributed by atoms with Gasteiger partial charge in [0.2, 0.25) is 5.95 Å². The van der Waals surface area contributed by atoms with E-state index in [0.29, 0.717) is 5.95 Å². The average molecular weight is 348 g/mol. The highest BCUT2D eigenvalue weighted by atomic mass is 15.2. The number of aromatic nitrogens is 5. The summed E-state index contributed by atoms with van der Waals surface area (Å²) < 4.78 is 0. The van der Waals surface area contributed by atoms with Crippen LogP contribution in [-0.4, -0.2) is 44.3 Å². The molecule has 1 aliphatic heterocycles. The summed E-state index contributed by atoms with van der Waals surface area (Å²) in [6.07, 6.45) is 5.84. The lowest BCUT2D eigenvalue weighted by Crippen LogP contribution is -2.43. The summed E-state index contributed by atoms with van der Waals surface area (Å²) in [7, 11) is 0. The number of fused-ring (bicyclic) bond motifs is 2. The number of rotatable bonds is 3. The van der Waals surface area contributed by atoms with Crippen LogP contribution in [0.2, 0.25) is 0 Å². The molecule has 0 unspecified atom stereocenters. The van der Waals surface area contributed by atoms with Crippen LogP contribution in [-0.2, 0) is 0 Å². The van der Waals surface area contributed by atoms with Gasteiger partial charge in [-0.3, -0.25) is 5.10 Å². The summed E-state index contributed by atoms with van der Waals surface area (Å²) in [6, 6.07) is 8.22. The molecular formula is C18H20N8. The summed E-state index contributed by atoms with van der Waals surface area (Å²) in [5, 5.41) is 12.4. The van der Waals surface area contributed by atoms with E-state index in [2.05, 4.69) is 30.4 Å². The molecule has 5 rings (SSSR count). The molecule has 132 valence electrons. The van der Waals surface area contributed by atoms with Gasteiger partial charge in [-0.25, -0.2) is 0 Å². The van der Waals surface area contributed by atoms with Crippen molar-refractivity contribution in [3.05, 3.63) is 36.7 Å². The van der Waals surface area contributed by atoms with Gasteiger partial charge in [0.25, 0.3) is 0 Å². The number of anilines is 3. The van der Waals surface area contributed by atoms with Gasteiger partial charge in [0.05, 0.1) is 17.1 Å². The number of piperidine rings is 1. The molecule has 1 saturated heterocycles. The highest BCUT2D eigenvalue weighted by Crippen LogP contribution is 2.28. The summed E-state index contributed by atoms with van der Waals surface area (Å²) in [4.78, 5) is 14.9. The van der Waals surface area contributed by atoms with Crippen LogP contribution in [0.4, 0.5) is 17.5 Å². The first-order chi connectivity index (χ1) is 12.8. The van der Waals surface area contributed by atoms with E-state index in [1.807, 2.05) is 30.5 Å². The lowest BCUT2D eigenvalue weighted by Gasteiger charge is -2.32. The predicted octanol–water partition coefficient (Wildman–Crippen LogP) is 2.51. The van der Waals surface area contributed by atoms with Gasteiger partial charge in [-0.2, -0.15) is 15.1 Å². The molecule has 4 aromatic rings. The minimum Gasteiger partial charge on any atom is -0.354 e. The molecule has 1 atom stereocenters. The van der Waals surface area contributed by atoms with Crippen LogP contribution < -0.4 is 16.0 Å². The van der Waals surface area contributed by atoms with Crippen LogP contribution in [0.25, 0.3) is 21.9 Å². The predicted molar refractivity (Wildman–Crippen MR) is 103 cm³/mol. The molecule has 0 amide bonds. The van der Waals surface area contributed by atoms with E-state index >= 15 is 0 Å². The third kappa shape index (κ3) is 2.64. The molecule has 0 radical (unpaired) electrons. The Labute approximate surface area is 149 Å². The summed E-state index contributed by atoms with van der Waals surface area (Å²) >= 11 is 0. The van der Waals surface area contributed by atoms with Gasteiger partial charge in [0.15, 0.2) is 0 Å². The average Bonchev–Trinajstić information content (AvgIpc) is 3.29. The van der Waals surface area contributed by atoms with Crippen LogP contribution in [0.15, 0.2) is 36.7 Å². The number of nitrogens with two attached hydrogens (primary N) is 1. The lowest BCUT2D eigenvalue weighted by atomic mass is 10.1. The molecule has 0 saturated carbocycles. The van der Waals surface area contributed by atoms with Crippen LogP contribution >= 0.6 is 0 Å². The first-order valence-electron chi connectivity index (χ1n) is 8.82. The fourth-order valence-corrected chi connectivity index (χ4v) is 3.57. The van der Waals surface area contributed by atoms with Crippen LogP contribution in [0, 0.1) is 0 Å². The van der Waals surface area contributed by atoms with Crippen molar-refractivity contribution in [2.75, 3.05) is 23.3 Å². The van der Waals surface area contributed by atoms with Crippen LogP contribution in [0.3, 0.4) is 0 Å². The summed E-state index contributed by atoms with van der Waals surface area (Å²) in [5.41, 5.74) is 8.87. The Hall–Kier alpha value is -3.13. The SMILES string of the molecule is N[C@H]1CCCN(c2nc(Nc3ccc4cn[nH]c4c3)nc3[nH]ccc23)C1. The van der Waals surface area contributed by atoms with Gasteiger partial charge in [-0.1, -0.05) is 0 Å². The third-order valence-corrected chi connectivity index (χ3v) is 4.85. The third-order valence-electron chi connectivity index (χ3n) is 4.85. The second-order valence-corrected chi connectivity index (χ2v) is 6.76. The van der Waals surface area contributed by atoms with Gasteiger partial charge < -0.3 is 20.9 Å². The van der Waals surface area contributed by atoms with E-state index in [4.69, 9.17) is 10.7 Å². The Kier molecular flexibility index (Phi) is 3.49. The first kappa shape index (κ1) is 15.2. The second kappa shape index (κ2) is 5.99. The van der Waals surface area contributed by atoms with Gasteiger partial charge in [0, 0.05) is 36.4 Å². The van der Waals surface area contributed by atoms with Crippen LogP contribution in [0.5, 0.6) is 0 Å². The van der Waals surface area contributed by atoms with Crippen molar-refractivity contribution < 1.29 is 0 Å². The highest BCUT2D eigenvalue weighted by Gasteiger charge is 2.21. The normalized spacial score (nSPS) is 17.9.